The summed E-state index contributed by atoms with van der Waals surface area (Å²) in [5, 5.41) is 4.14. The lowest BCUT2D eigenvalue weighted by Gasteiger charge is -2.14. The number of benzene rings is 1. The third-order valence-electron chi connectivity index (χ3n) is 2.33. The summed E-state index contributed by atoms with van der Waals surface area (Å²) in [7, 11) is 1.99. The van der Waals surface area contributed by atoms with Gasteiger partial charge in [0.05, 0.1) is 0 Å². The average Bonchev–Trinajstić information content (AvgIpc) is 2.17. The molecule has 1 unspecified atom stereocenters. The van der Waals surface area contributed by atoms with E-state index < -0.39 is 0 Å². The maximum Gasteiger partial charge on any atom is 0.0438 e. The molecule has 0 heterocycles. The topological polar surface area (TPSA) is 12.0 Å². The summed E-state index contributed by atoms with van der Waals surface area (Å²) >= 11 is 6.05. The van der Waals surface area contributed by atoms with Crippen molar-refractivity contribution < 1.29 is 0 Å². The van der Waals surface area contributed by atoms with Crippen molar-refractivity contribution in [3.8, 4) is 0 Å². The molecule has 1 N–H and O–H groups in total. The van der Waals surface area contributed by atoms with Gasteiger partial charge in [-0.2, -0.15) is 0 Å². The van der Waals surface area contributed by atoms with Gasteiger partial charge in [0.15, 0.2) is 0 Å². The lowest BCUT2D eigenvalue weighted by Crippen LogP contribution is -2.26. The minimum atomic E-state index is 0.528. The summed E-state index contributed by atoms with van der Waals surface area (Å²) in [5.41, 5.74) is 1.23. The molecule has 0 bridgehead atoms. The molecule has 1 atom stereocenters. The van der Waals surface area contributed by atoms with Crippen molar-refractivity contribution in [2.24, 2.45) is 0 Å². The van der Waals surface area contributed by atoms with E-state index in [-0.39, 0.29) is 0 Å². The zero-order valence-corrected chi connectivity index (χ0v) is 8.93. The van der Waals surface area contributed by atoms with Crippen LogP contribution in [0.15, 0.2) is 24.3 Å². The summed E-state index contributed by atoms with van der Waals surface area (Å²) in [5.74, 6) is 0. The first-order valence-electron chi connectivity index (χ1n) is 4.68. The van der Waals surface area contributed by atoms with Gasteiger partial charge < -0.3 is 5.32 Å². The second-order valence-electron chi connectivity index (χ2n) is 3.19. The SMILES string of the molecule is CCC(Cc1ccccc1Cl)NC. The van der Waals surface area contributed by atoms with Crippen molar-refractivity contribution in [1.82, 2.24) is 5.32 Å². The fourth-order valence-corrected chi connectivity index (χ4v) is 1.59. The highest BCUT2D eigenvalue weighted by Gasteiger charge is 2.06. The Morgan fingerprint density at radius 2 is 2.08 bits per heavy atom. The van der Waals surface area contributed by atoms with Crippen molar-refractivity contribution in [2.75, 3.05) is 7.05 Å². The molecule has 2 heteroatoms. The molecule has 0 aliphatic carbocycles. The first kappa shape index (κ1) is 10.6. The second-order valence-corrected chi connectivity index (χ2v) is 3.60. The van der Waals surface area contributed by atoms with Crippen molar-refractivity contribution in [3.63, 3.8) is 0 Å². The van der Waals surface area contributed by atoms with Crippen LogP contribution in [0.2, 0.25) is 5.02 Å². The molecule has 0 saturated carbocycles. The molecule has 13 heavy (non-hydrogen) atoms. The fraction of sp³-hybridized carbons (Fsp3) is 0.455. The number of hydrogen-bond acceptors (Lipinski definition) is 1. The standard InChI is InChI=1S/C11H16ClN/c1-3-10(13-2)8-9-6-4-5-7-11(9)12/h4-7,10,13H,3,8H2,1-2H3. The quantitative estimate of drug-likeness (QED) is 0.783. The number of rotatable bonds is 4. The Bertz CT molecular complexity index is 256. The van der Waals surface area contributed by atoms with Gasteiger partial charge in [-0.25, -0.2) is 0 Å². The van der Waals surface area contributed by atoms with E-state index in [0.717, 1.165) is 17.9 Å². The summed E-state index contributed by atoms with van der Waals surface area (Å²) in [6, 6.07) is 8.55. The van der Waals surface area contributed by atoms with Gasteiger partial charge >= 0.3 is 0 Å². The summed E-state index contributed by atoms with van der Waals surface area (Å²) in [6.07, 6.45) is 2.13. The molecule has 0 radical (unpaired) electrons. The van der Waals surface area contributed by atoms with E-state index >= 15 is 0 Å². The maximum absolute atomic E-state index is 6.05. The zero-order valence-electron chi connectivity index (χ0n) is 8.18. The molecule has 0 amide bonds. The van der Waals surface area contributed by atoms with Crippen LogP contribution in [-0.4, -0.2) is 13.1 Å². The van der Waals surface area contributed by atoms with Crippen molar-refractivity contribution in [3.05, 3.63) is 34.9 Å². The van der Waals surface area contributed by atoms with Gasteiger partial charge in [0, 0.05) is 11.1 Å². The summed E-state index contributed by atoms with van der Waals surface area (Å²) < 4.78 is 0. The van der Waals surface area contributed by atoms with E-state index in [1.807, 2.05) is 25.2 Å². The minimum absolute atomic E-state index is 0.528. The number of likely N-dealkylation sites (N-methyl/N-ethyl adjacent to an activating group) is 1. The van der Waals surface area contributed by atoms with Crippen molar-refractivity contribution in [1.29, 1.82) is 0 Å². The van der Waals surface area contributed by atoms with Gasteiger partial charge in [0.1, 0.15) is 0 Å². The van der Waals surface area contributed by atoms with Crippen LogP contribution >= 0.6 is 11.6 Å². The van der Waals surface area contributed by atoms with Crippen LogP contribution in [0.3, 0.4) is 0 Å². The molecule has 72 valence electrons. The lowest BCUT2D eigenvalue weighted by atomic mass is 10.0. The van der Waals surface area contributed by atoms with Crippen LogP contribution in [0.5, 0.6) is 0 Å². The Kier molecular flexibility index (Phi) is 4.26. The molecule has 1 aromatic carbocycles. The van der Waals surface area contributed by atoms with E-state index in [9.17, 15) is 0 Å². The molecule has 0 aromatic heterocycles. The number of hydrogen-bond donors (Lipinski definition) is 1. The largest absolute Gasteiger partial charge is 0.317 e. The maximum atomic E-state index is 6.05. The van der Waals surface area contributed by atoms with Gasteiger partial charge in [-0.15, -0.1) is 0 Å². The third-order valence-corrected chi connectivity index (χ3v) is 2.69. The molecule has 0 fully saturated rings. The summed E-state index contributed by atoms with van der Waals surface area (Å²) in [4.78, 5) is 0. The molecule has 0 aliphatic heterocycles. The van der Waals surface area contributed by atoms with Crippen LogP contribution in [0, 0.1) is 0 Å². The highest BCUT2D eigenvalue weighted by atomic mass is 35.5. The van der Waals surface area contributed by atoms with Crippen LogP contribution in [0.25, 0.3) is 0 Å². The molecular weight excluding hydrogens is 182 g/mol. The Morgan fingerprint density at radius 1 is 1.38 bits per heavy atom. The van der Waals surface area contributed by atoms with Crippen LogP contribution in [-0.2, 0) is 6.42 Å². The first-order valence-corrected chi connectivity index (χ1v) is 5.06. The Morgan fingerprint density at radius 3 is 2.62 bits per heavy atom. The first-order chi connectivity index (χ1) is 6.27. The normalized spacial score (nSPS) is 12.8. The van der Waals surface area contributed by atoms with E-state index in [4.69, 9.17) is 11.6 Å². The Hall–Kier alpha value is -0.530. The highest BCUT2D eigenvalue weighted by Crippen LogP contribution is 2.17. The van der Waals surface area contributed by atoms with Crippen molar-refractivity contribution in [2.45, 2.75) is 25.8 Å². The number of halogens is 1. The van der Waals surface area contributed by atoms with E-state index in [2.05, 4.69) is 18.3 Å². The van der Waals surface area contributed by atoms with Gasteiger partial charge in [-0.05, 0) is 31.5 Å². The zero-order chi connectivity index (χ0) is 9.68. The predicted octanol–water partition coefficient (Wildman–Crippen LogP) is 2.88. The summed E-state index contributed by atoms with van der Waals surface area (Å²) in [6.45, 7) is 2.18. The highest BCUT2D eigenvalue weighted by molar-refractivity contribution is 6.31. The third kappa shape index (κ3) is 3.02. The monoisotopic (exact) mass is 197 g/mol. The Labute approximate surface area is 85.1 Å². The van der Waals surface area contributed by atoms with Crippen molar-refractivity contribution >= 4 is 11.6 Å². The van der Waals surface area contributed by atoms with Gasteiger partial charge in [-0.3, -0.25) is 0 Å². The molecule has 0 aliphatic rings. The second kappa shape index (κ2) is 5.25. The smallest absolute Gasteiger partial charge is 0.0438 e. The molecule has 0 saturated heterocycles. The Balaban J connectivity index is 2.67. The lowest BCUT2D eigenvalue weighted by molar-refractivity contribution is 0.543. The van der Waals surface area contributed by atoms with Crippen LogP contribution in [0.4, 0.5) is 0 Å². The molecule has 1 nitrogen and oxygen atoms in total. The van der Waals surface area contributed by atoms with Crippen LogP contribution in [0.1, 0.15) is 18.9 Å². The fourth-order valence-electron chi connectivity index (χ4n) is 1.38. The molecule has 0 spiro atoms. The van der Waals surface area contributed by atoms with E-state index in [0.29, 0.717) is 6.04 Å². The van der Waals surface area contributed by atoms with E-state index in [1.54, 1.807) is 0 Å². The molecule has 1 rings (SSSR count). The van der Waals surface area contributed by atoms with Gasteiger partial charge in [0.2, 0.25) is 0 Å². The predicted molar refractivity (Wildman–Crippen MR) is 58.3 cm³/mol. The van der Waals surface area contributed by atoms with E-state index in [1.165, 1.54) is 5.56 Å². The molecule has 1 aromatic rings. The minimum Gasteiger partial charge on any atom is -0.317 e. The van der Waals surface area contributed by atoms with Gasteiger partial charge in [-0.1, -0.05) is 36.7 Å². The molecular formula is C11H16ClN. The number of nitrogens with one attached hydrogen (secondary N) is 1. The van der Waals surface area contributed by atoms with Gasteiger partial charge in [0.25, 0.3) is 0 Å². The van der Waals surface area contributed by atoms with Crippen LogP contribution < -0.4 is 5.32 Å². The average molecular weight is 198 g/mol.